The normalized spacial score (nSPS) is 11.9. The molecule has 1 atom stereocenters. The van der Waals surface area contributed by atoms with Gasteiger partial charge >= 0.3 is 0 Å². The Bertz CT molecular complexity index is 352. The largest absolute Gasteiger partial charge is 0.502 e. The topological polar surface area (TPSA) is 64.7 Å². The van der Waals surface area contributed by atoms with Crippen LogP contribution in [0.2, 0.25) is 0 Å². The summed E-state index contributed by atoms with van der Waals surface area (Å²) >= 11 is 0. The van der Waals surface area contributed by atoms with E-state index < -0.39 is 12.5 Å². The fourth-order valence-electron chi connectivity index (χ4n) is 1.25. The molecule has 1 aromatic rings. The first-order valence-electron chi connectivity index (χ1n) is 4.49. The molecule has 17 heavy (non-hydrogen) atoms. The van der Waals surface area contributed by atoms with Gasteiger partial charge in [-0.1, -0.05) is 0 Å². The van der Waals surface area contributed by atoms with E-state index in [1.54, 1.807) is 0 Å². The first-order chi connectivity index (χ1) is 7.51. The average molecular weight is 270 g/mol. The molecule has 7 heteroatoms. The number of phenolic OH excluding ortho intramolecular Hbond substituents is 1. The summed E-state index contributed by atoms with van der Waals surface area (Å²) in [5.41, 5.74) is 5.43. The second-order valence-electron chi connectivity index (χ2n) is 3.13. The monoisotopic (exact) mass is 269 g/mol. The van der Waals surface area contributed by atoms with Crippen LogP contribution < -0.4 is 15.2 Å². The Morgan fingerprint density at radius 1 is 1.18 bits per heavy atom. The number of methoxy groups -OCH3 is 2. The van der Waals surface area contributed by atoms with E-state index in [1.165, 1.54) is 26.4 Å². The minimum atomic E-state index is -2.70. The van der Waals surface area contributed by atoms with Crippen molar-refractivity contribution in [2.45, 2.75) is 12.5 Å². The number of ether oxygens (including phenoxy) is 2. The van der Waals surface area contributed by atoms with Crippen LogP contribution in [-0.4, -0.2) is 25.8 Å². The Morgan fingerprint density at radius 3 is 1.88 bits per heavy atom. The molecule has 3 N–H and O–H groups in total. The second-order valence-corrected chi connectivity index (χ2v) is 3.13. The van der Waals surface area contributed by atoms with Crippen molar-refractivity contribution in [2.75, 3.05) is 14.2 Å². The Kier molecular flexibility index (Phi) is 5.98. The summed E-state index contributed by atoms with van der Waals surface area (Å²) in [5.74, 6) is -0.147. The van der Waals surface area contributed by atoms with Gasteiger partial charge in [0.25, 0.3) is 6.43 Å². The van der Waals surface area contributed by atoms with Crippen LogP contribution in [0, 0.1) is 0 Å². The summed E-state index contributed by atoms with van der Waals surface area (Å²) in [5, 5.41) is 9.56. The van der Waals surface area contributed by atoms with E-state index in [4.69, 9.17) is 15.2 Å². The van der Waals surface area contributed by atoms with E-state index in [9.17, 15) is 13.9 Å². The molecule has 0 saturated heterocycles. The van der Waals surface area contributed by atoms with E-state index in [1.807, 2.05) is 0 Å². The van der Waals surface area contributed by atoms with Crippen LogP contribution in [0.15, 0.2) is 12.1 Å². The standard InChI is InChI=1S/C10H13F2NO3.ClH/c1-15-6-3-5(8(13)10(11)12)4-7(16-2)9(6)14;/h3-4,8,10,14H,13H2,1-2H3;1H/t8-;/m0./s1. The molecule has 0 bridgehead atoms. The van der Waals surface area contributed by atoms with Crippen LogP contribution in [0.25, 0.3) is 0 Å². The number of alkyl halides is 2. The molecule has 0 heterocycles. The Labute approximate surface area is 104 Å². The van der Waals surface area contributed by atoms with Gasteiger partial charge in [-0.2, -0.15) is 0 Å². The van der Waals surface area contributed by atoms with Crippen molar-refractivity contribution < 1.29 is 23.4 Å². The van der Waals surface area contributed by atoms with Gasteiger partial charge in [-0.25, -0.2) is 8.78 Å². The van der Waals surface area contributed by atoms with Crippen molar-refractivity contribution >= 4 is 12.4 Å². The number of halogens is 3. The van der Waals surface area contributed by atoms with E-state index in [0.29, 0.717) is 0 Å². The maximum absolute atomic E-state index is 12.4. The summed E-state index contributed by atoms with van der Waals surface area (Å²) < 4.78 is 34.5. The molecule has 0 fully saturated rings. The van der Waals surface area contributed by atoms with Gasteiger partial charge in [-0.05, 0) is 17.7 Å². The Balaban J connectivity index is 0.00000256. The number of nitrogens with two attached hydrogens (primary N) is 1. The molecule has 0 amide bonds. The molecule has 0 saturated carbocycles. The van der Waals surface area contributed by atoms with Gasteiger partial charge in [0.2, 0.25) is 5.75 Å². The van der Waals surface area contributed by atoms with Crippen molar-refractivity contribution in [1.29, 1.82) is 0 Å². The highest BCUT2D eigenvalue weighted by Crippen LogP contribution is 2.39. The SMILES string of the molecule is COc1cc([C@H](N)C(F)F)cc(OC)c1O.Cl. The molecule has 0 unspecified atom stereocenters. The van der Waals surface area contributed by atoms with Crippen molar-refractivity contribution in [1.82, 2.24) is 0 Å². The molecule has 0 aliphatic heterocycles. The van der Waals surface area contributed by atoms with Crippen LogP contribution in [0.3, 0.4) is 0 Å². The van der Waals surface area contributed by atoms with Crippen molar-refractivity contribution in [2.24, 2.45) is 5.73 Å². The quantitative estimate of drug-likeness (QED) is 0.879. The van der Waals surface area contributed by atoms with Crippen LogP contribution in [0.1, 0.15) is 11.6 Å². The molecule has 4 nitrogen and oxygen atoms in total. The average Bonchev–Trinajstić information content (AvgIpc) is 2.28. The van der Waals surface area contributed by atoms with Crippen molar-refractivity contribution in [3.63, 3.8) is 0 Å². The highest BCUT2D eigenvalue weighted by atomic mass is 35.5. The molecule has 0 spiro atoms. The van der Waals surface area contributed by atoms with Gasteiger partial charge in [-0.15, -0.1) is 12.4 Å². The lowest BCUT2D eigenvalue weighted by atomic mass is 10.1. The zero-order valence-corrected chi connectivity index (χ0v) is 10.1. The highest BCUT2D eigenvalue weighted by Gasteiger charge is 2.21. The van der Waals surface area contributed by atoms with E-state index in [-0.39, 0.29) is 35.2 Å². The molecule has 0 radical (unpaired) electrons. The number of benzene rings is 1. The smallest absolute Gasteiger partial charge is 0.257 e. The second kappa shape index (κ2) is 6.46. The third kappa shape index (κ3) is 3.34. The molecule has 1 rings (SSSR count). The van der Waals surface area contributed by atoms with E-state index >= 15 is 0 Å². The third-order valence-corrected chi connectivity index (χ3v) is 2.16. The van der Waals surface area contributed by atoms with Gasteiger partial charge in [0, 0.05) is 0 Å². The molecule has 0 aliphatic rings. The molecule has 0 aliphatic carbocycles. The number of hydrogen-bond donors (Lipinski definition) is 2. The maximum Gasteiger partial charge on any atom is 0.257 e. The molecular formula is C10H14ClF2NO3. The predicted molar refractivity (Wildman–Crippen MR) is 61.4 cm³/mol. The minimum Gasteiger partial charge on any atom is -0.502 e. The zero-order valence-electron chi connectivity index (χ0n) is 9.31. The van der Waals surface area contributed by atoms with Crippen LogP contribution in [0.4, 0.5) is 8.78 Å². The summed E-state index contributed by atoms with van der Waals surface area (Å²) in [4.78, 5) is 0. The van der Waals surface area contributed by atoms with Gasteiger partial charge in [0.05, 0.1) is 20.3 Å². The minimum absolute atomic E-state index is 0. The molecule has 0 aromatic heterocycles. The van der Waals surface area contributed by atoms with Gasteiger partial charge in [-0.3, -0.25) is 0 Å². The number of rotatable bonds is 4. The van der Waals surface area contributed by atoms with Crippen molar-refractivity contribution in [3.8, 4) is 17.2 Å². The Hall–Kier alpha value is -1.27. The summed E-state index contributed by atoms with van der Waals surface area (Å²) in [6, 6.07) is 1.08. The summed E-state index contributed by atoms with van der Waals surface area (Å²) in [6.07, 6.45) is -2.70. The molecular weight excluding hydrogens is 256 g/mol. The lowest BCUT2D eigenvalue weighted by Gasteiger charge is -2.15. The van der Waals surface area contributed by atoms with Crippen LogP contribution in [0.5, 0.6) is 17.2 Å². The fourth-order valence-corrected chi connectivity index (χ4v) is 1.25. The van der Waals surface area contributed by atoms with Gasteiger partial charge in [0.1, 0.15) is 0 Å². The third-order valence-electron chi connectivity index (χ3n) is 2.16. The summed E-state index contributed by atoms with van der Waals surface area (Å²) in [7, 11) is 2.62. The van der Waals surface area contributed by atoms with Crippen molar-refractivity contribution in [3.05, 3.63) is 17.7 Å². The maximum atomic E-state index is 12.4. The Morgan fingerprint density at radius 2 is 1.59 bits per heavy atom. The fraction of sp³-hybridized carbons (Fsp3) is 0.400. The predicted octanol–water partition coefficient (Wildman–Crippen LogP) is 2.10. The first kappa shape index (κ1) is 15.7. The lowest BCUT2D eigenvalue weighted by Crippen LogP contribution is -2.19. The van der Waals surface area contributed by atoms with Gasteiger partial charge in [0.15, 0.2) is 11.5 Å². The van der Waals surface area contributed by atoms with E-state index in [0.717, 1.165) is 0 Å². The number of hydrogen-bond acceptors (Lipinski definition) is 4. The first-order valence-corrected chi connectivity index (χ1v) is 4.49. The van der Waals surface area contributed by atoms with Gasteiger partial charge < -0.3 is 20.3 Å². The number of aromatic hydroxyl groups is 1. The zero-order chi connectivity index (χ0) is 12.3. The van der Waals surface area contributed by atoms with Crippen LogP contribution >= 0.6 is 12.4 Å². The molecule has 1 aromatic carbocycles. The molecule has 98 valence electrons. The summed E-state index contributed by atoms with van der Waals surface area (Å²) in [6.45, 7) is 0. The number of phenols is 1. The highest BCUT2D eigenvalue weighted by molar-refractivity contribution is 5.85. The lowest BCUT2D eigenvalue weighted by molar-refractivity contribution is 0.116. The van der Waals surface area contributed by atoms with Crippen LogP contribution in [-0.2, 0) is 0 Å². The van der Waals surface area contributed by atoms with E-state index in [2.05, 4.69) is 0 Å².